The molecule has 22 heavy (non-hydrogen) atoms. The maximum Gasteiger partial charge on any atom is 0.326 e. The topological polar surface area (TPSA) is 69.6 Å². The highest BCUT2D eigenvalue weighted by molar-refractivity contribution is 6.02. The van der Waals surface area contributed by atoms with Gasteiger partial charge in [0.15, 0.2) is 0 Å². The number of piperidine rings is 1. The first kappa shape index (κ1) is 14.4. The SMILES string of the molecule is O=C(O)C1CCCCN1C(=O)Nc1cccc2ccccc12. The Kier molecular flexibility index (Phi) is 3.96. The van der Waals surface area contributed by atoms with Gasteiger partial charge in [0.05, 0.1) is 5.69 Å². The number of amides is 2. The number of fused-ring (bicyclic) bond motifs is 1. The van der Waals surface area contributed by atoms with Crippen molar-refractivity contribution in [2.75, 3.05) is 11.9 Å². The van der Waals surface area contributed by atoms with Crippen molar-refractivity contribution in [1.29, 1.82) is 0 Å². The molecule has 2 aromatic rings. The lowest BCUT2D eigenvalue weighted by Crippen LogP contribution is -2.49. The van der Waals surface area contributed by atoms with E-state index in [9.17, 15) is 14.7 Å². The molecule has 1 fully saturated rings. The number of carboxylic acids is 1. The number of likely N-dealkylation sites (tertiary alicyclic amines) is 1. The van der Waals surface area contributed by atoms with Crippen LogP contribution in [0, 0.1) is 0 Å². The smallest absolute Gasteiger partial charge is 0.326 e. The zero-order chi connectivity index (χ0) is 15.5. The molecule has 0 aliphatic carbocycles. The number of nitrogens with one attached hydrogen (secondary N) is 1. The number of aliphatic carboxylic acids is 1. The van der Waals surface area contributed by atoms with Crippen molar-refractivity contribution in [1.82, 2.24) is 4.90 Å². The fourth-order valence-corrected chi connectivity index (χ4v) is 2.95. The number of anilines is 1. The molecule has 3 rings (SSSR count). The third-order valence-corrected chi connectivity index (χ3v) is 4.08. The van der Waals surface area contributed by atoms with Gasteiger partial charge in [-0.15, -0.1) is 0 Å². The molecule has 114 valence electrons. The minimum Gasteiger partial charge on any atom is -0.480 e. The Morgan fingerprint density at radius 3 is 2.68 bits per heavy atom. The normalized spacial score (nSPS) is 18.2. The van der Waals surface area contributed by atoms with Gasteiger partial charge in [-0.3, -0.25) is 0 Å². The van der Waals surface area contributed by atoms with E-state index in [0.717, 1.165) is 23.6 Å². The highest BCUT2D eigenvalue weighted by Crippen LogP contribution is 2.24. The predicted octanol–water partition coefficient (Wildman–Crippen LogP) is 3.31. The van der Waals surface area contributed by atoms with Crippen LogP contribution in [0.25, 0.3) is 10.8 Å². The molecule has 5 nitrogen and oxygen atoms in total. The van der Waals surface area contributed by atoms with Crippen LogP contribution in [-0.2, 0) is 4.79 Å². The van der Waals surface area contributed by atoms with Gasteiger partial charge in [0.1, 0.15) is 6.04 Å². The van der Waals surface area contributed by atoms with Crippen molar-refractivity contribution >= 4 is 28.5 Å². The average Bonchev–Trinajstić information content (AvgIpc) is 2.55. The standard InChI is InChI=1S/C17H18N2O3/c20-16(21)15-10-3-4-11-19(15)17(22)18-14-9-5-7-12-6-1-2-8-13(12)14/h1-2,5-9,15H,3-4,10-11H2,(H,18,22)(H,20,21). The summed E-state index contributed by atoms with van der Waals surface area (Å²) in [5.41, 5.74) is 0.706. The Bertz CT molecular complexity index is 709. The van der Waals surface area contributed by atoms with Gasteiger partial charge >= 0.3 is 12.0 Å². The van der Waals surface area contributed by atoms with E-state index in [1.165, 1.54) is 4.90 Å². The fourth-order valence-electron chi connectivity index (χ4n) is 2.95. The van der Waals surface area contributed by atoms with Gasteiger partial charge in [0, 0.05) is 11.9 Å². The number of carboxylic acid groups (broad SMARTS) is 1. The number of benzene rings is 2. The van der Waals surface area contributed by atoms with Crippen LogP contribution in [0.2, 0.25) is 0 Å². The molecule has 1 aliphatic rings. The summed E-state index contributed by atoms with van der Waals surface area (Å²) in [6.45, 7) is 0.480. The summed E-state index contributed by atoms with van der Waals surface area (Å²) < 4.78 is 0. The van der Waals surface area contributed by atoms with Crippen LogP contribution in [0.5, 0.6) is 0 Å². The van der Waals surface area contributed by atoms with Gasteiger partial charge in [-0.2, -0.15) is 0 Å². The van der Waals surface area contributed by atoms with Crippen LogP contribution in [-0.4, -0.2) is 34.6 Å². The summed E-state index contributed by atoms with van der Waals surface area (Å²) in [5, 5.41) is 14.1. The van der Waals surface area contributed by atoms with E-state index in [1.807, 2.05) is 42.5 Å². The van der Waals surface area contributed by atoms with Crippen molar-refractivity contribution in [2.24, 2.45) is 0 Å². The lowest BCUT2D eigenvalue weighted by Gasteiger charge is -2.33. The molecule has 1 saturated heterocycles. The van der Waals surface area contributed by atoms with Crippen LogP contribution in [0.3, 0.4) is 0 Å². The molecule has 1 unspecified atom stereocenters. The molecule has 0 bridgehead atoms. The number of carbonyl (C=O) groups is 2. The predicted molar refractivity (Wildman–Crippen MR) is 84.9 cm³/mol. The zero-order valence-electron chi connectivity index (χ0n) is 12.2. The summed E-state index contributed by atoms with van der Waals surface area (Å²) in [6.07, 6.45) is 2.19. The van der Waals surface area contributed by atoms with E-state index in [2.05, 4.69) is 5.32 Å². The quantitative estimate of drug-likeness (QED) is 0.893. The minimum atomic E-state index is -0.937. The minimum absolute atomic E-state index is 0.344. The fraction of sp³-hybridized carbons (Fsp3) is 0.294. The molecule has 2 amide bonds. The summed E-state index contributed by atoms with van der Waals surface area (Å²) in [6, 6.07) is 12.4. The maximum absolute atomic E-state index is 12.5. The number of hydrogen-bond acceptors (Lipinski definition) is 2. The molecule has 0 saturated carbocycles. The Labute approximate surface area is 128 Å². The lowest BCUT2D eigenvalue weighted by molar-refractivity contribution is -0.143. The number of urea groups is 1. The van der Waals surface area contributed by atoms with Crippen molar-refractivity contribution in [3.63, 3.8) is 0 Å². The van der Waals surface area contributed by atoms with Gasteiger partial charge in [-0.05, 0) is 30.7 Å². The third kappa shape index (κ3) is 2.74. The van der Waals surface area contributed by atoms with Crippen molar-refractivity contribution in [3.8, 4) is 0 Å². The number of hydrogen-bond donors (Lipinski definition) is 2. The largest absolute Gasteiger partial charge is 0.480 e. The highest BCUT2D eigenvalue weighted by atomic mass is 16.4. The van der Waals surface area contributed by atoms with Crippen LogP contribution < -0.4 is 5.32 Å². The Hall–Kier alpha value is -2.56. The van der Waals surface area contributed by atoms with Gasteiger partial charge in [-0.1, -0.05) is 36.4 Å². The molecule has 5 heteroatoms. The van der Waals surface area contributed by atoms with Crippen molar-refractivity contribution < 1.29 is 14.7 Å². The summed E-state index contributed by atoms with van der Waals surface area (Å²) >= 11 is 0. The van der Waals surface area contributed by atoms with Crippen molar-refractivity contribution in [3.05, 3.63) is 42.5 Å². The number of rotatable bonds is 2. The number of nitrogens with zero attached hydrogens (tertiary/aromatic N) is 1. The van der Waals surface area contributed by atoms with E-state index in [-0.39, 0.29) is 6.03 Å². The number of carbonyl (C=O) groups excluding carboxylic acids is 1. The molecule has 1 atom stereocenters. The summed E-state index contributed by atoms with van der Waals surface area (Å²) in [7, 11) is 0. The van der Waals surface area contributed by atoms with Gasteiger partial charge in [-0.25, -0.2) is 9.59 Å². The second kappa shape index (κ2) is 6.05. The van der Waals surface area contributed by atoms with E-state index in [1.54, 1.807) is 0 Å². The van der Waals surface area contributed by atoms with Gasteiger partial charge in [0.25, 0.3) is 0 Å². The molecule has 2 N–H and O–H groups in total. The Balaban J connectivity index is 1.85. The first-order valence-electron chi connectivity index (χ1n) is 7.45. The molecule has 1 aliphatic heterocycles. The second-order valence-electron chi connectivity index (χ2n) is 5.50. The Morgan fingerprint density at radius 1 is 1.09 bits per heavy atom. The van der Waals surface area contributed by atoms with Gasteiger partial charge < -0.3 is 15.3 Å². The summed E-state index contributed by atoms with van der Waals surface area (Å²) in [4.78, 5) is 25.2. The molecule has 1 heterocycles. The lowest BCUT2D eigenvalue weighted by atomic mass is 10.0. The molecule has 0 radical (unpaired) electrons. The van der Waals surface area contributed by atoms with Crippen LogP contribution >= 0.6 is 0 Å². The molecular formula is C17H18N2O3. The first-order chi connectivity index (χ1) is 10.7. The van der Waals surface area contributed by atoms with Crippen molar-refractivity contribution in [2.45, 2.75) is 25.3 Å². The van der Waals surface area contributed by atoms with Crippen LogP contribution in [0.4, 0.5) is 10.5 Å². The highest BCUT2D eigenvalue weighted by Gasteiger charge is 2.32. The molecule has 2 aromatic carbocycles. The van der Waals surface area contributed by atoms with Crippen LogP contribution in [0.1, 0.15) is 19.3 Å². The average molecular weight is 298 g/mol. The summed E-state index contributed by atoms with van der Waals surface area (Å²) in [5.74, 6) is -0.937. The molecule has 0 aromatic heterocycles. The molecular weight excluding hydrogens is 280 g/mol. The Morgan fingerprint density at radius 2 is 1.86 bits per heavy atom. The first-order valence-corrected chi connectivity index (χ1v) is 7.45. The molecule has 0 spiro atoms. The van der Waals surface area contributed by atoms with E-state index in [0.29, 0.717) is 18.7 Å². The third-order valence-electron chi connectivity index (χ3n) is 4.08. The zero-order valence-corrected chi connectivity index (χ0v) is 12.2. The van der Waals surface area contributed by atoms with E-state index >= 15 is 0 Å². The van der Waals surface area contributed by atoms with E-state index < -0.39 is 12.0 Å². The maximum atomic E-state index is 12.5. The van der Waals surface area contributed by atoms with Crippen LogP contribution in [0.15, 0.2) is 42.5 Å². The monoisotopic (exact) mass is 298 g/mol. The van der Waals surface area contributed by atoms with E-state index in [4.69, 9.17) is 0 Å². The van der Waals surface area contributed by atoms with Gasteiger partial charge in [0.2, 0.25) is 0 Å². The second-order valence-corrected chi connectivity index (χ2v) is 5.50.